The van der Waals surface area contributed by atoms with Gasteiger partial charge in [-0.2, -0.15) is 0 Å². The van der Waals surface area contributed by atoms with Crippen molar-refractivity contribution in [3.8, 4) is 0 Å². The Kier molecular flexibility index (Phi) is 1.82. The molecule has 0 bridgehead atoms. The smallest absolute Gasteiger partial charge is 0.134 e. The van der Waals surface area contributed by atoms with Crippen LogP contribution in [0.4, 0.5) is 0 Å². The van der Waals surface area contributed by atoms with E-state index in [1.165, 1.54) is 5.57 Å². The van der Waals surface area contributed by atoms with E-state index in [4.69, 9.17) is 4.52 Å². The number of hydrogen-bond donors (Lipinski definition) is 0. The number of hydrogen-bond acceptors (Lipinski definition) is 2. The van der Waals surface area contributed by atoms with Crippen LogP contribution in [0.1, 0.15) is 24.3 Å². The SMILES string of the molecule is Cc1cc(C2=CC=CCC2)no1. The molecule has 0 fully saturated rings. The van der Waals surface area contributed by atoms with Gasteiger partial charge in [-0.15, -0.1) is 0 Å². The van der Waals surface area contributed by atoms with Gasteiger partial charge in [-0.05, 0) is 25.3 Å². The lowest BCUT2D eigenvalue weighted by Gasteiger charge is -2.03. The molecule has 1 aromatic heterocycles. The van der Waals surface area contributed by atoms with E-state index < -0.39 is 0 Å². The third kappa shape index (κ3) is 1.33. The molecule has 0 aromatic carbocycles. The van der Waals surface area contributed by atoms with Crippen molar-refractivity contribution in [2.45, 2.75) is 19.8 Å². The topological polar surface area (TPSA) is 26.0 Å². The molecule has 2 nitrogen and oxygen atoms in total. The Labute approximate surface area is 71.6 Å². The number of nitrogens with zero attached hydrogens (tertiary/aromatic N) is 1. The van der Waals surface area contributed by atoms with Crippen LogP contribution in [0.15, 0.2) is 28.8 Å². The molecule has 0 unspecified atom stereocenters. The molecular formula is C10H11NO. The Balaban J connectivity index is 2.30. The van der Waals surface area contributed by atoms with Gasteiger partial charge in [0.1, 0.15) is 11.5 Å². The summed E-state index contributed by atoms with van der Waals surface area (Å²) in [6.45, 7) is 1.91. The minimum atomic E-state index is 0.875. The van der Waals surface area contributed by atoms with Gasteiger partial charge in [0.25, 0.3) is 0 Å². The Morgan fingerprint density at radius 2 is 2.42 bits per heavy atom. The number of aryl methyl sites for hydroxylation is 1. The maximum Gasteiger partial charge on any atom is 0.134 e. The predicted octanol–water partition coefficient (Wildman–Crippen LogP) is 2.72. The van der Waals surface area contributed by atoms with Gasteiger partial charge in [0.15, 0.2) is 0 Å². The van der Waals surface area contributed by atoms with Gasteiger partial charge >= 0.3 is 0 Å². The second-order valence-electron chi connectivity index (χ2n) is 2.98. The molecule has 0 spiro atoms. The second-order valence-corrected chi connectivity index (χ2v) is 2.98. The fourth-order valence-electron chi connectivity index (χ4n) is 1.33. The summed E-state index contributed by atoms with van der Waals surface area (Å²) in [5.41, 5.74) is 2.26. The van der Waals surface area contributed by atoms with E-state index in [2.05, 4.69) is 23.4 Å². The molecular weight excluding hydrogens is 150 g/mol. The Bertz CT molecular complexity index is 333. The summed E-state index contributed by atoms with van der Waals surface area (Å²) in [7, 11) is 0. The molecule has 1 heterocycles. The van der Waals surface area contributed by atoms with Gasteiger partial charge in [-0.1, -0.05) is 23.4 Å². The van der Waals surface area contributed by atoms with Gasteiger partial charge in [-0.3, -0.25) is 0 Å². The third-order valence-electron chi connectivity index (χ3n) is 1.97. The van der Waals surface area contributed by atoms with Crippen molar-refractivity contribution in [3.05, 3.63) is 35.7 Å². The van der Waals surface area contributed by atoms with Crippen molar-refractivity contribution in [3.63, 3.8) is 0 Å². The molecule has 0 radical (unpaired) electrons. The van der Waals surface area contributed by atoms with Crippen molar-refractivity contribution >= 4 is 5.57 Å². The van der Waals surface area contributed by atoms with Crippen LogP contribution in [0.3, 0.4) is 0 Å². The molecule has 1 aliphatic rings. The van der Waals surface area contributed by atoms with Crippen LogP contribution in [-0.4, -0.2) is 5.16 Å². The Morgan fingerprint density at radius 3 is 3.00 bits per heavy atom. The molecule has 12 heavy (non-hydrogen) atoms. The lowest BCUT2D eigenvalue weighted by atomic mass is 10.0. The fraction of sp³-hybridized carbons (Fsp3) is 0.300. The summed E-state index contributed by atoms with van der Waals surface area (Å²) < 4.78 is 5.00. The highest BCUT2D eigenvalue weighted by atomic mass is 16.5. The highest BCUT2D eigenvalue weighted by Gasteiger charge is 2.06. The quantitative estimate of drug-likeness (QED) is 0.633. The first kappa shape index (κ1) is 7.35. The molecule has 2 rings (SSSR count). The van der Waals surface area contributed by atoms with E-state index in [1.807, 2.05) is 13.0 Å². The van der Waals surface area contributed by atoms with Gasteiger partial charge in [0, 0.05) is 6.07 Å². The molecule has 1 aliphatic carbocycles. The van der Waals surface area contributed by atoms with E-state index in [-0.39, 0.29) is 0 Å². The number of allylic oxidation sites excluding steroid dienone is 4. The molecule has 0 saturated carbocycles. The van der Waals surface area contributed by atoms with Gasteiger partial charge in [-0.25, -0.2) is 0 Å². The highest BCUT2D eigenvalue weighted by Crippen LogP contribution is 2.22. The zero-order valence-electron chi connectivity index (χ0n) is 7.08. The summed E-state index contributed by atoms with van der Waals surface area (Å²) in [6.07, 6.45) is 8.51. The normalized spacial score (nSPS) is 16.2. The average Bonchev–Trinajstić information content (AvgIpc) is 2.54. The first-order valence-corrected chi connectivity index (χ1v) is 4.15. The van der Waals surface area contributed by atoms with E-state index in [0.29, 0.717) is 0 Å². The molecule has 0 amide bonds. The van der Waals surface area contributed by atoms with E-state index in [9.17, 15) is 0 Å². The first-order valence-electron chi connectivity index (χ1n) is 4.15. The van der Waals surface area contributed by atoms with Crippen LogP contribution in [0.25, 0.3) is 5.57 Å². The largest absolute Gasteiger partial charge is 0.361 e. The van der Waals surface area contributed by atoms with Crippen molar-refractivity contribution in [2.24, 2.45) is 0 Å². The van der Waals surface area contributed by atoms with Crippen molar-refractivity contribution in [1.82, 2.24) is 5.16 Å². The average molecular weight is 161 g/mol. The van der Waals surface area contributed by atoms with Crippen molar-refractivity contribution < 1.29 is 4.52 Å². The van der Waals surface area contributed by atoms with E-state index in [1.54, 1.807) is 0 Å². The number of rotatable bonds is 1. The molecule has 0 aliphatic heterocycles. The van der Waals surface area contributed by atoms with Crippen LogP contribution >= 0.6 is 0 Å². The fourth-order valence-corrected chi connectivity index (χ4v) is 1.33. The van der Waals surface area contributed by atoms with E-state index >= 15 is 0 Å². The Hall–Kier alpha value is -1.31. The molecule has 0 atom stereocenters. The monoisotopic (exact) mass is 161 g/mol. The summed E-state index contributed by atoms with van der Waals surface area (Å²) in [4.78, 5) is 0. The standard InChI is InChI=1S/C10H11NO/c1-8-7-10(11-12-8)9-5-3-2-4-6-9/h2-3,5,7H,4,6H2,1H3. The summed E-state index contributed by atoms with van der Waals surface area (Å²) >= 11 is 0. The third-order valence-corrected chi connectivity index (χ3v) is 1.97. The van der Waals surface area contributed by atoms with Crippen LogP contribution in [-0.2, 0) is 0 Å². The maximum atomic E-state index is 5.00. The zero-order valence-corrected chi connectivity index (χ0v) is 7.08. The van der Waals surface area contributed by atoms with Crippen LogP contribution in [0.5, 0.6) is 0 Å². The lowest BCUT2D eigenvalue weighted by molar-refractivity contribution is 0.395. The zero-order chi connectivity index (χ0) is 8.39. The minimum Gasteiger partial charge on any atom is -0.361 e. The van der Waals surface area contributed by atoms with E-state index in [0.717, 1.165) is 24.3 Å². The minimum absolute atomic E-state index is 0.875. The lowest BCUT2D eigenvalue weighted by Crippen LogP contribution is -1.86. The van der Waals surface area contributed by atoms with Gasteiger partial charge in [0.05, 0.1) is 0 Å². The first-order chi connectivity index (χ1) is 5.86. The molecule has 1 aromatic rings. The van der Waals surface area contributed by atoms with Gasteiger partial charge in [0.2, 0.25) is 0 Å². The highest BCUT2D eigenvalue weighted by molar-refractivity contribution is 5.65. The molecule has 2 heteroatoms. The maximum absolute atomic E-state index is 5.00. The van der Waals surface area contributed by atoms with Crippen LogP contribution < -0.4 is 0 Å². The predicted molar refractivity (Wildman–Crippen MR) is 47.6 cm³/mol. The molecule has 0 N–H and O–H groups in total. The van der Waals surface area contributed by atoms with Crippen LogP contribution in [0.2, 0.25) is 0 Å². The van der Waals surface area contributed by atoms with Crippen molar-refractivity contribution in [1.29, 1.82) is 0 Å². The summed E-state index contributed by atoms with van der Waals surface area (Å²) in [5, 5.41) is 3.96. The second kappa shape index (κ2) is 2.97. The van der Waals surface area contributed by atoms with Crippen molar-refractivity contribution in [2.75, 3.05) is 0 Å². The summed E-state index contributed by atoms with van der Waals surface area (Å²) in [5.74, 6) is 0.875. The molecule has 62 valence electrons. The molecule has 0 saturated heterocycles. The number of aromatic nitrogens is 1. The summed E-state index contributed by atoms with van der Waals surface area (Å²) in [6, 6.07) is 1.98. The van der Waals surface area contributed by atoms with Crippen LogP contribution in [0, 0.1) is 6.92 Å². The van der Waals surface area contributed by atoms with Gasteiger partial charge < -0.3 is 4.52 Å². The Morgan fingerprint density at radius 1 is 1.50 bits per heavy atom.